The lowest BCUT2D eigenvalue weighted by atomic mass is 10.1. The third kappa shape index (κ3) is 5.56. The summed E-state index contributed by atoms with van der Waals surface area (Å²) in [5.41, 5.74) is 5.89. The topological polar surface area (TPSA) is 29.3 Å². The number of hydrogen-bond donors (Lipinski definition) is 1. The first-order valence-corrected chi connectivity index (χ1v) is 4.89. The Morgan fingerprint density at radius 3 is 2.08 bits per heavy atom. The van der Waals surface area contributed by atoms with Crippen LogP contribution in [0.2, 0.25) is 0 Å². The van der Waals surface area contributed by atoms with E-state index in [0.29, 0.717) is 6.04 Å². The fourth-order valence-electron chi connectivity index (χ4n) is 1.33. The first-order valence-electron chi connectivity index (χ1n) is 4.89. The van der Waals surface area contributed by atoms with Gasteiger partial charge in [0.1, 0.15) is 0 Å². The maximum atomic E-state index is 5.96. The number of rotatable bonds is 5. The van der Waals surface area contributed by atoms with Crippen molar-refractivity contribution >= 4 is 0 Å². The van der Waals surface area contributed by atoms with Crippen molar-refractivity contribution in [2.75, 3.05) is 13.1 Å². The summed E-state index contributed by atoms with van der Waals surface area (Å²) in [6.45, 7) is 13.0. The maximum absolute atomic E-state index is 5.96. The van der Waals surface area contributed by atoms with Crippen molar-refractivity contribution in [1.82, 2.24) is 4.90 Å². The van der Waals surface area contributed by atoms with Crippen molar-refractivity contribution in [3.63, 3.8) is 0 Å². The Labute approximate surface area is 77.1 Å². The van der Waals surface area contributed by atoms with Crippen molar-refractivity contribution < 1.29 is 0 Å². The van der Waals surface area contributed by atoms with Crippen molar-refractivity contribution in [1.29, 1.82) is 0 Å². The molecule has 0 aromatic rings. The van der Waals surface area contributed by atoms with Gasteiger partial charge in [-0.2, -0.15) is 0 Å². The number of nitrogens with two attached hydrogens (primary N) is 1. The molecule has 0 aliphatic rings. The number of nitrogens with zero attached hydrogens (tertiary/aromatic N) is 1. The van der Waals surface area contributed by atoms with Crippen LogP contribution in [-0.2, 0) is 0 Å². The minimum atomic E-state index is -0.0700. The summed E-state index contributed by atoms with van der Waals surface area (Å²) >= 11 is 0. The van der Waals surface area contributed by atoms with Crippen LogP contribution >= 0.6 is 0 Å². The highest BCUT2D eigenvalue weighted by Gasteiger charge is 2.17. The molecule has 0 fully saturated rings. The molecule has 0 radical (unpaired) electrons. The molecule has 0 spiro atoms. The molecule has 0 aromatic heterocycles. The lowest BCUT2D eigenvalue weighted by Crippen LogP contribution is -2.47. The van der Waals surface area contributed by atoms with E-state index in [0.717, 1.165) is 13.1 Å². The molecule has 0 saturated carbocycles. The second kappa shape index (κ2) is 4.83. The quantitative estimate of drug-likeness (QED) is 0.685. The predicted molar refractivity (Wildman–Crippen MR) is 55.3 cm³/mol. The molecular formula is C10H24N2. The van der Waals surface area contributed by atoms with E-state index in [4.69, 9.17) is 5.73 Å². The van der Waals surface area contributed by atoms with Crippen molar-refractivity contribution in [2.45, 2.75) is 52.6 Å². The first-order chi connectivity index (χ1) is 5.37. The number of hydrogen-bond acceptors (Lipinski definition) is 2. The van der Waals surface area contributed by atoms with Crippen LogP contribution < -0.4 is 5.73 Å². The Balaban J connectivity index is 3.95. The van der Waals surface area contributed by atoms with Crippen LogP contribution in [0.1, 0.15) is 41.0 Å². The molecule has 0 bridgehead atoms. The molecule has 2 heteroatoms. The van der Waals surface area contributed by atoms with Gasteiger partial charge in [0.25, 0.3) is 0 Å². The molecular weight excluding hydrogens is 148 g/mol. The molecule has 0 amide bonds. The van der Waals surface area contributed by atoms with Gasteiger partial charge < -0.3 is 5.73 Å². The molecule has 0 unspecified atom stereocenters. The van der Waals surface area contributed by atoms with Crippen molar-refractivity contribution in [2.24, 2.45) is 5.73 Å². The van der Waals surface area contributed by atoms with Gasteiger partial charge in [0.05, 0.1) is 0 Å². The van der Waals surface area contributed by atoms with E-state index in [-0.39, 0.29) is 5.54 Å². The molecule has 0 heterocycles. The van der Waals surface area contributed by atoms with Crippen LogP contribution in [0.25, 0.3) is 0 Å². The summed E-state index contributed by atoms with van der Waals surface area (Å²) in [6.07, 6.45) is 1.20. The van der Waals surface area contributed by atoms with Crippen LogP contribution in [0.15, 0.2) is 0 Å². The average Bonchev–Trinajstić information content (AvgIpc) is 1.83. The van der Waals surface area contributed by atoms with Crippen LogP contribution in [0, 0.1) is 0 Å². The molecule has 2 N–H and O–H groups in total. The molecule has 0 saturated heterocycles. The molecule has 0 atom stereocenters. The van der Waals surface area contributed by atoms with Gasteiger partial charge in [0, 0.05) is 18.1 Å². The highest BCUT2D eigenvalue weighted by Crippen LogP contribution is 2.06. The Morgan fingerprint density at radius 2 is 1.83 bits per heavy atom. The summed E-state index contributed by atoms with van der Waals surface area (Å²) in [6, 6.07) is 0.604. The van der Waals surface area contributed by atoms with Crippen LogP contribution in [0.3, 0.4) is 0 Å². The van der Waals surface area contributed by atoms with Crippen LogP contribution in [0.4, 0.5) is 0 Å². The minimum absolute atomic E-state index is 0.0700. The standard InChI is InChI=1S/C10H24N2/c1-6-7-12(9(2)3)8-10(4,5)11/h9H,6-8,11H2,1-5H3. The van der Waals surface area contributed by atoms with Gasteiger partial charge in [0.2, 0.25) is 0 Å². The normalized spacial score (nSPS) is 13.0. The molecule has 0 aliphatic carbocycles. The molecule has 2 nitrogen and oxygen atoms in total. The molecule has 0 aliphatic heterocycles. The highest BCUT2D eigenvalue weighted by atomic mass is 15.2. The fraction of sp³-hybridized carbons (Fsp3) is 1.00. The third-order valence-corrected chi connectivity index (χ3v) is 1.85. The van der Waals surface area contributed by atoms with Gasteiger partial charge in [-0.05, 0) is 40.7 Å². The monoisotopic (exact) mass is 172 g/mol. The zero-order valence-corrected chi connectivity index (χ0v) is 9.22. The summed E-state index contributed by atoms with van der Waals surface area (Å²) < 4.78 is 0. The van der Waals surface area contributed by atoms with Crippen LogP contribution in [-0.4, -0.2) is 29.6 Å². The minimum Gasteiger partial charge on any atom is -0.324 e. The lowest BCUT2D eigenvalue weighted by Gasteiger charge is -2.32. The van der Waals surface area contributed by atoms with E-state index < -0.39 is 0 Å². The van der Waals surface area contributed by atoms with E-state index in [1.807, 2.05) is 0 Å². The third-order valence-electron chi connectivity index (χ3n) is 1.85. The van der Waals surface area contributed by atoms with Gasteiger partial charge in [-0.1, -0.05) is 6.92 Å². The zero-order chi connectivity index (χ0) is 9.78. The van der Waals surface area contributed by atoms with Crippen LogP contribution in [0.5, 0.6) is 0 Å². The lowest BCUT2D eigenvalue weighted by molar-refractivity contribution is 0.183. The molecule has 0 aromatic carbocycles. The molecule has 0 rings (SSSR count). The average molecular weight is 172 g/mol. The Hall–Kier alpha value is -0.0800. The second-order valence-corrected chi connectivity index (χ2v) is 4.55. The van der Waals surface area contributed by atoms with Gasteiger partial charge in [0.15, 0.2) is 0 Å². The maximum Gasteiger partial charge on any atom is 0.0226 e. The van der Waals surface area contributed by atoms with Gasteiger partial charge >= 0.3 is 0 Å². The van der Waals surface area contributed by atoms with E-state index in [2.05, 4.69) is 39.5 Å². The highest BCUT2D eigenvalue weighted by molar-refractivity contribution is 4.78. The largest absolute Gasteiger partial charge is 0.324 e. The smallest absolute Gasteiger partial charge is 0.0226 e. The second-order valence-electron chi connectivity index (χ2n) is 4.55. The Bertz CT molecular complexity index is 113. The predicted octanol–water partition coefficient (Wildman–Crippen LogP) is 1.84. The van der Waals surface area contributed by atoms with E-state index in [9.17, 15) is 0 Å². The molecule has 74 valence electrons. The van der Waals surface area contributed by atoms with Gasteiger partial charge in [-0.25, -0.2) is 0 Å². The Kier molecular flexibility index (Phi) is 4.80. The van der Waals surface area contributed by atoms with E-state index in [1.54, 1.807) is 0 Å². The summed E-state index contributed by atoms with van der Waals surface area (Å²) in [7, 11) is 0. The van der Waals surface area contributed by atoms with E-state index >= 15 is 0 Å². The summed E-state index contributed by atoms with van der Waals surface area (Å²) in [4.78, 5) is 2.43. The zero-order valence-electron chi connectivity index (χ0n) is 9.22. The fourth-order valence-corrected chi connectivity index (χ4v) is 1.33. The summed E-state index contributed by atoms with van der Waals surface area (Å²) in [5, 5.41) is 0. The van der Waals surface area contributed by atoms with Crippen molar-refractivity contribution in [3.05, 3.63) is 0 Å². The summed E-state index contributed by atoms with van der Waals surface area (Å²) in [5.74, 6) is 0. The first kappa shape index (κ1) is 11.9. The van der Waals surface area contributed by atoms with Crippen molar-refractivity contribution in [3.8, 4) is 0 Å². The van der Waals surface area contributed by atoms with Gasteiger partial charge in [-0.3, -0.25) is 4.90 Å². The SMILES string of the molecule is CCCN(CC(C)(C)N)C(C)C. The molecule has 12 heavy (non-hydrogen) atoms. The Morgan fingerprint density at radius 1 is 1.33 bits per heavy atom. The van der Waals surface area contributed by atoms with Gasteiger partial charge in [-0.15, -0.1) is 0 Å². The van der Waals surface area contributed by atoms with E-state index in [1.165, 1.54) is 6.42 Å².